The van der Waals surface area contributed by atoms with Crippen molar-refractivity contribution in [3.63, 3.8) is 0 Å². The third kappa shape index (κ3) is 3.07. The summed E-state index contributed by atoms with van der Waals surface area (Å²) < 4.78 is 17.6. The number of rotatable bonds is 1. The van der Waals surface area contributed by atoms with Crippen molar-refractivity contribution >= 4 is 21.9 Å². The van der Waals surface area contributed by atoms with E-state index in [-0.39, 0.29) is 5.56 Å². The molecule has 0 spiro atoms. The Bertz CT molecular complexity index is 432. The van der Waals surface area contributed by atoms with Crippen molar-refractivity contribution in [1.29, 1.82) is 0 Å². The van der Waals surface area contributed by atoms with Crippen LogP contribution in [0, 0.1) is 17.7 Å². The minimum atomic E-state index is -0.699. The number of carbonyl (C=O) groups excluding carboxylic acids is 1. The molecule has 0 radical (unpaired) electrons. The number of esters is 1. The van der Waals surface area contributed by atoms with Crippen molar-refractivity contribution < 1.29 is 13.9 Å². The fraction of sp³-hybridized carbons (Fsp3) is 0.182. The second-order valence-corrected chi connectivity index (χ2v) is 3.18. The molecule has 1 aromatic rings. The van der Waals surface area contributed by atoms with Gasteiger partial charge < -0.3 is 4.74 Å². The SMILES string of the molecule is COC(=O)c1cc(C#CCBr)ccc1F. The van der Waals surface area contributed by atoms with Crippen LogP contribution in [0.1, 0.15) is 15.9 Å². The molecule has 2 nitrogen and oxygen atoms in total. The van der Waals surface area contributed by atoms with Gasteiger partial charge in [0.15, 0.2) is 0 Å². The van der Waals surface area contributed by atoms with Gasteiger partial charge in [-0.15, -0.1) is 0 Å². The van der Waals surface area contributed by atoms with Crippen LogP contribution in [0.5, 0.6) is 0 Å². The predicted octanol–water partition coefficient (Wildman–Crippen LogP) is 2.36. The molecule has 1 aromatic carbocycles. The zero-order valence-electron chi connectivity index (χ0n) is 8.01. The first-order valence-electron chi connectivity index (χ1n) is 4.11. The van der Waals surface area contributed by atoms with E-state index in [1.165, 1.54) is 25.3 Å². The standard InChI is InChI=1S/C11H8BrFO2/c1-15-11(14)9-7-8(3-2-6-12)4-5-10(9)13/h4-5,7H,6H2,1H3. The molecule has 0 atom stereocenters. The molecule has 4 heteroatoms. The van der Waals surface area contributed by atoms with Crippen LogP contribution in [-0.4, -0.2) is 18.4 Å². The van der Waals surface area contributed by atoms with Crippen molar-refractivity contribution in [1.82, 2.24) is 0 Å². The molecule has 1 rings (SSSR count). The van der Waals surface area contributed by atoms with Crippen molar-refractivity contribution in [2.24, 2.45) is 0 Å². The summed E-state index contributed by atoms with van der Waals surface area (Å²) in [5, 5.41) is 0.526. The first-order chi connectivity index (χ1) is 7.19. The van der Waals surface area contributed by atoms with Crippen molar-refractivity contribution in [2.75, 3.05) is 12.4 Å². The van der Waals surface area contributed by atoms with E-state index in [4.69, 9.17) is 0 Å². The zero-order chi connectivity index (χ0) is 11.3. The van der Waals surface area contributed by atoms with E-state index in [9.17, 15) is 9.18 Å². The molecule has 0 unspecified atom stereocenters. The van der Waals surface area contributed by atoms with Gasteiger partial charge in [-0.25, -0.2) is 9.18 Å². The summed E-state index contributed by atoms with van der Waals surface area (Å²) in [6, 6.07) is 4.08. The summed E-state index contributed by atoms with van der Waals surface area (Å²) in [4.78, 5) is 11.1. The molecule has 0 fully saturated rings. The second-order valence-electron chi connectivity index (χ2n) is 2.62. The Kier molecular flexibility index (Phi) is 4.32. The van der Waals surface area contributed by atoms with E-state index in [0.717, 1.165) is 0 Å². The molecule has 0 amide bonds. The van der Waals surface area contributed by atoms with Gasteiger partial charge in [-0.2, -0.15) is 0 Å². The molecule has 0 N–H and O–H groups in total. The minimum Gasteiger partial charge on any atom is -0.465 e. The zero-order valence-corrected chi connectivity index (χ0v) is 9.60. The highest BCUT2D eigenvalue weighted by Crippen LogP contribution is 2.11. The van der Waals surface area contributed by atoms with Gasteiger partial charge in [0.2, 0.25) is 0 Å². The second kappa shape index (κ2) is 5.52. The van der Waals surface area contributed by atoms with Crippen molar-refractivity contribution in [3.8, 4) is 11.8 Å². The topological polar surface area (TPSA) is 26.3 Å². The fourth-order valence-corrected chi connectivity index (χ4v) is 1.15. The first kappa shape index (κ1) is 11.7. The van der Waals surface area contributed by atoms with Crippen LogP contribution >= 0.6 is 15.9 Å². The largest absolute Gasteiger partial charge is 0.465 e. The van der Waals surface area contributed by atoms with E-state index in [1.54, 1.807) is 0 Å². The predicted molar refractivity (Wildman–Crippen MR) is 58.4 cm³/mol. The normalized spacial score (nSPS) is 9.00. The average molecular weight is 271 g/mol. The van der Waals surface area contributed by atoms with Crippen LogP contribution in [-0.2, 0) is 4.74 Å². The molecule has 0 aromatic heterocycles. The highest BCUT2D eigenvalue weighted by atomic mass is 79.9. The number of alkyl halides is 1. The maximum atomic E-state index is 13.2. The van der Waals surface area contributed by atoms with Crippen LogP contribution in [0.3, 0.4) is 0 Å². The highest BCUT2D eigenvalue weighted by molar-refractivity contribution is 9.09. The van der Waals surface area contributed by atoms with E-state index in [2.05, 4.69) is 32.5 Å². The number of carbonyl (C=O) groups is 1. The number of methoxy groups -OCH3 is 1. The number of hydrogen-bond donors (Lipinski definition) is 0. The Morgan fingerprint density at radius 2 is 2.33 bits per heavy atom. The van der Waals surface area contributed by atoms with E-state index >= 15 is 0 Å². The van der Waals surface area contributed by atoms with Crippen LogP contribution in [0.15, 0.2) is 18.2 Å². The molecule has 0 aliphatic heterocycles. The lowest BCUT2D eigenvalue weighted by molar-refractivity contribution is 0.0595. The molecule has 15 heavy (non-hydrogen) atoms. The average Bonchev–Trinajstić information content (AvgIpc) is 2.27. The molecule has 0 heterocycles. The molecule has 0 aliphatic rings. The van der Waals surface area contributed by atoms with Crippen molar-refractivity contribution in [3.05, 3.63) is 35.1 Å². The van der Waals surface area contributed by atoms with E-state index < -0.39 is 11.8 Å². The summed E-state index contributed by atoms with van der Waals surface area (Å²) in [5.41, 5.74) is 0.482. The van der Waals surface area contributed by atoms with Crippen LogP contribution in [0.4, 0.5) is 4.39 Å². The number of benzene rings is 1. The molecule has 0 saturated heterocycles. The third-order valence-corrected chi connectivity index (χ3v) is 1.95. The molecular formula is C11H8BrFO2. The lowest BCUT2D eigenvalue weighted by atomic mass is 10.1. The number of halogens is 2. The van der Waals surface area contributed by atoms with Gasteiger partial charge in [0.25, 0.3) is 0 Å². The van der Waals surface area contributed by atoms with Gasteiger partial charge in [0.1, 0.15) is 5.82 Å². The molecule has 0 bridgehead atoms. The molecule has 0 aliphatic carbocycles. The first-order valence-corrected chi connectivity index (χ1v) is 5.24. The highest BCUT2D eigenvalue weighted by Gasteiger charge is 2.11. The molecular weight excluding hydrogens is 263 g/mol. The summed E-state index contributed by atoms with van der Waals surface area (Å²) >= 11 is 3.14. The van der Waals surface area contributed by atoms with Crippen molar-refractivity contribution in [2.45, 2.75) is 0 Å². The van der Waals surface area contributed by atoms with E-state index in [1.807, 2.05) is 0 Å². The van der Waals surface area contributed by atoms with Gasteiger partial charge in [0.05, 0.1) is 18.0 Å². The Morgan fingerprint density at radius 1 is 1.60 bits per heavy atom. The van der Waals surface area contributed by atoms with E-state index in [0.29, 0.717) is 10.9 Å². The Hall–Kier alpha value is -1.34. The third-order valence-electron chi connectivity index (χ3n) is 1.67. The van der Waals surface area contributed by atoms with Crippen LogP contribution < -0.4 is 0 Å². The molecule has 78 valence electrons. The lowest BCUT2D eigenvalue weighted by Gasteiger charge is -2.01. The monoisotopic (exact) mass is 270 g/mol. The minimum absolute atomic E-state index is 0.0983. The van der Waals surface area contributed by atoms with Crippen LogP contribution in [0.2, 0.25) is 0 Å². The smallest absolute Gasteiger partial charge is 0.340 e. The molecule has 0 saturated carbocycles. The van der Waals surface area contributed by atoms with Gasteiger partial charge in [-0.3, -0.25) is 0 Å². The summed E-state index contributed by atoms with van der Waals surface area (Å²) in [6.45, 7) is 0. The van der Waals surface area contributed by atoms with Gasteiger partial charge in [-0.05, 0) is 18.2 Å². The number of hydrogen-bond acceptors (Lipinski definition) is 2. The van der Waals surface area contributed by atoms with Gasteiger partial charge >= 0.3 is 5.97 Å². The fourth-order valence-electron chi connectivity index (χ4n) is 1.00. The maximum absolute atomic E-state index is 13.2. The van der Waals surface area contributed by atoms with Crippen LogP contribution in [0.25, 0.3) is 0 Å². The Balaban J connectivity index is 3.10. The van der Waals surface area contributed by atoms with Gasteiger partial charge in [0, 0.05) is 5.56 Å². The quantitative estimate of drug-likeness (QED) is 0.445. The Morgan fingerprint density at radius 3 is 2.93 bits per heavy atom. The summed E-state index contributed by atoms with van der Waals surface area (Å²) in [5.74, 6) is 4.23. The lowest BCUT2D eigenvalue weighted by Crippen LogP contribution is -2.04. The summed E-state index contributed by atoms with van der Waals surface area (Å²) in [6.07, 6.45) is 0. The number of ether oxygens (including phenoxy) is 1. The maximum Gasteiger partial charge on any atom is 0.340 e. The Labute approximate surface area is 95.6 Å². The summed E-state index contributed by atoms with van der Waals surface area (Å²) in [7, 11) is 1.21. The van der Waals surface area contributed by atoms with Gasteiger partial charge in [-0.1, -0.05) is 27.8 Å².